The second-order valence-electron chi connectivity index (χ2n) is 6.84. The number of nitrogens with one attached hydrogen (secondary N) is 1. The lowest BCUT2D eigenvalue weighted by Gasteiger charge is -2.15. The number of carbonyl (C=O) groups is 1. The van der Waals surface area contributed by atoms with Crippen molar-refractivity contribution < 1.29 is 9.53 Å². The average Bonchev–Trinajstić information content (AvgIpc) is 3.28. The molecule has 31 heavy (non-hydrogen) atoms. The van der Waals surface area contributed by atoms with E-state index in [4.69, 9.17) is 4.74 Å². The van der Waals surface area contributed by atoms with Gasteiger partial charge in [-0.1, -0.05) is 60.3 Å². The van der Waals surface area contributed by atoms with Crippen LogP contribution in [-0.4, -0.2) is 33.0 Å². The molecule has 0 aliphatic rings. The number of hydrogen-bond donors (Lipinski definition) is 1. The summed E-state index contributed by atoms with van der Waals surface area (Å²) >= 11 is 1.36. The van der Waals surface area contributed by atoms with E-state index in [-0.39, 0.29) is 11.2 Å². The Balaban J connectivity index is 1.49. The fourth-order valence-electron chi connectivity index (χ4n) is 3.13. The van der Waals surface area contributed by atoms with Gasteiger partial charge in [0.1, 0.15) is 12.1 Å². The van der Waals surface area contributed by atoms with E-state index in [1.807, 2.05) is 90.4 Å². The molecule has 1 aromatic heterocycles. The fraction of sp³-hybridized carbons (Fsp3) is 0.125. The lowest BCUT2D eigenvalue weighted by atomic mass is 10.0. The largest absolute Gasteiger partial charge is 0.497 e. The van der Waals surface area contributed by atoms with Crippen LogP contribution in [0, 0.1) is 0 Å². The number of anilines is 1. The van der Waals surface area contributed by atoms with Crippen molar-refractivity contribution in [3.63, 3.8) is 0 Å². The van der Waals surface area contributed by atoms with E-state index >= 15 is 0 Å². The van der Waals surface area contributed by atoms with E-state index in [9.17, 15) is 4.79 Å². The molecule has 0 radical (unpaired) electrons. The number of rotatable bonds is 7. The SMILES string of the molecule is COc1ccc(-n2cnnc2S[C@H](C)C(=O)Nc2ccccc2-c2ccccc2)cc1. The van der Waals surface area contributed by atoms with Crippen molar-refractivity contribution in [1.82, 2.24) is 14.8 Å². The molecule has 3 aromatic carbocycles. The number of nitrogens with zero attached hydrogens (tertiary/aromatic N) is 3. The second-order valence-corrected chi connectivity index (χ2v) is 8.15. The molecular formula is C24H22N4O2S. The zero-order chi connectivity index (χ0) is 21.6. The Kier molecular flexibility index (Phi) is 6.33. The molecule has 7 heteroatoms. The highest BCUT2D eigenvalue weighted by atomic mass is 32.2. The number of aromatic nitrogens is 3. The van der Waals surface area contributed by atoms with Crippen LogP contribution in [0.5, 0.6) is 5.75 Å². The second kappa shape index (κ2) is 9.49. The minimum Gasteiger partial charge on any atom is -0.497 e. The van der Waals surface area contributed by atoms with Gasteiger partial charge in [-0.3, -0.25) is 9.36 Å². The van der Waals surface area contributed by atoms with Crippen LogP contribution in [0.15, 0.2) is 90.3 Å². The average molecular weight is 431 g/mol. The summed E-state index contributed by atoms with van der Waals surface area (Å²) in [5.74, 6) is 0.675. The maximum Gasteiger partial charge on any atom is 0.237 e. The quantitative estimate of drug-likeness (QED) is 0.415. The van der Waals surface area contributed by atoms with E-state index in [0.717, 1.165) is 28.3 Å². The Bertz CT molecular complexity index is 1160. The molecule has 4 rings (SSSR count). The Morgan fingerprint density at radius 2 is 1.71 bits per heavy atom. The third-order valence-electron chi connectivity index (χ3n) is 4.79. The van der Waals surface area contributed by atoms with Crippen molar-refractivity contribution in [3.8, 4) is 22.6 Å². The van der Waals surface area contributed by atoms with E-state index in [2.05, 4.69) is 15.5 Å². The van der Waals surface area contributed by atoms with Crippen molar-refractivity contribution >= 4 is 23.4 Å². The first-order valence-electron chi connectivity index (χ1n) is 9.82. The third-order valence-corrected chi connectivity index (χ3v) is 5.85. The molecule has 1 atom stereocenters. The predicted octanol–water partition coefficient (Wildman–Crippen LogP) is 5.06. The van der Waals surface area contributed by atoms with Crippen LogP contribution in [0.1, 0.15) is 6.92 Å². The van der Waals surface area contributed by atoms with Crippen LogP contribution in [0.25, 0.3) is 16.8 Å². The molecule has 0 unspecified atom stereocenters. The molecule has 4 aromatic rings. The van der Waals surface area contributed by atoms with Gasteiger partial charge < -0.3 is 10.1 Å². The molecule has 1 amide bonds. The molecule has 156 valence electrons. The summed E-state index contributed by atoms with van der Waals surface area (Å²) < 4.78 is 7.07. The van der Waals surface area contributed by atoms with Crippen LogP contribution in [0.4, 0.5) is 5.69 Å². The van der Waals surface area contributed by atoms with E-state index in [1.165, 1.54) is 11.8 Å². The van der Waals surface area contributed by atoms with Crippen LogP contribution in [0.2, 0.25) is 0 Å². The smallest absolute Gasteiger partial charge is 0.237 e. The Morgan fingerprint density at radius 1 is 1.00 bits per heavy atom. The van der Waals surface area contributed by atoms with Crippen LogP contribution >= 0.6 is 11.8 Å². The minimum absolute atomic E-state index is 0.0994. The number of amides is 1. The number of hydrogen-bond acceptors (Lipinski definition) is 5. The molecule has 0 spiro atoms. The summed E-state index contributed by atoms with van der Waals surface area (Å²) in [6.07, 6.45) is 1.64. The minimum atomic E-state index is -0.370. The Hall–Kier alpha value is -3.58. The lowest BCUT2D eigenvalue weighted by molar-refractivity contribution is -0.115. The van der Waals surface area contributed by atoms with Crippen molar-refractivity contribution in [1.29, 1.82) is 0 Å². The molecule has 6 nitrogen and oxygen atoms in total. The van der Waals surface area contributed by atoms with Gasteiger partial charge in [-0.15, -0.1) is 10.2 Å². The zero-order valence-corrected chi connectivity index (χ0v) is 18.0. The van der Waals surface area contributed by atoms with Crippen molar-refractivity contribution in [2.24, 2.45) is 0 Å². The van der Waals surface area contributed by atoms with Crippen LogP contribution in [-0.2, 0) is 4.79 Å². The summed E-state index contributed by atoms with van der Waals surface area (Å²) in [5.41, 5.74) is 3.71. The van der Waals surface area contributed by atoms with Gasteiger partial charge in [-0.25, -0.2) is 0 Å². The van der Waals surface area contributed by atoms with Gasteiger partial charge in [0.05, 0.1) is 12.4 Å². The molecule has 0 fully saturated rings. The highest BCUT2D eigenvalue weighted by Crippen LogP contribution is 2.30. The molecule has 1 N–H and O–H groups in total. The van der Waals surface area contributed by atoms with Gasteiger partial charge in [0.25, 0.3) is 0 Å². The maximum atomic E-state index is 12.9. The summed E-state index contributed by atoms with van der Waals surface area (Å²) in [6, 6.07) is 25.4. The van der Waals surface area contributed by atoms with Crippen molar-refractivity contribution in [3.05, 3.63) is 85.2 Å². The first-order valence-corrected chi connectivity index (χ1v) is 10.7. The Labute approximate surface area is 185 Å². The molecule has 0 aliphatic carbocycles. The zero-order valence-electron chi connectivity index (χ0n) is 17.2. The topological polar surface area (TPSA) is 69.0 Å². The van der Waals surface area contributed by atoms with Gasteiger partial charge in [-0.2, -0.15) is 0 Å². The number of para-hydroxylation sites is 1. The molecule has 0 bridgehead atoms. The van der Waals surface area contributed by atoms with E-state index in [1.54, 1.807) is 13.4 Å². The van der Waals surface area contributed by atoms with Gasteiger partial charge in [0, 0.05) is 16.9 Å². The van der Waals surface area contributed by atoms with E-state index < -0.39 is 0 Å². The number of benzene rings is 3. The Morgan fingerprint density at radius 3 is 2.45 bits per heavy atom. The van der Waals surface area contributed by atoms with Crippen molar-refractivity contribution in [2.45, 2.75) is 17.3 Å². The summed E-state index contributed by atoms with van der Waals surface area (Å²) in [7, 11) is 1.63. The standard InChI is InChI=1S/C24H22N4O2S/c1-17(31-24-27-25-16-28(24)19-12-14-20(30-2)15-13-19)23(29)26-22-11-7-6-10-21(22)18-8-4-3-5-9-18/h3-17H,1-2H3,(H,26,29)/t17-/m1/s1. The number of carbonyl (C=O) groups excluding carboxylic acids is 1. The number of methoxy groups -OCH3 is 1. The molecule has 0 aliphatic heterocycles. The highest BCUT2D eigenvalue weighted by molar-refractivity contribution is 8.00. The predicted molar refractivity (Wildman–Crippen MR) is 124 cm³/mol. The molecule has 0 saturated carbocycles. The summed E-state index contributed by atoms with van der Waals surface area (Å²) in [6.45, 7) is 1.86. The van der Waals surface area contributed by atoms with Gasteiger partial charge >= 0.3 is 0 Å². The molecular weight excluding hydrogens is 408 g/mol. The van der Waals surface area contributed by atoms with Gasteiger partial charge in [0.2, 0.25) is 5.91 Å². The van der Waals surface area contributed by atoms with Crippen molar-refractivity contribution in [2.75, 3.05) is 12.4 Å². The first-order chi connectivity index (χ1) is 15.2. The van der Waals surface area contributed by atoms with Crippen LogP contribution in [0.3, 0.4) is 0 Å². The highest BCUT2D eigenvalue weighted by Gasteiger charge is 2.19. The number of thioether (sulfide) groups is 1. The molecule has 1 heterocycles. The first kappa shape index (κ1) is 20.7. The third kappa shape index (κ3) is 4.78. The van der Waals surface area contributed by atoms with Gasteiger partial charge in [-0.05, 0) is 42.8 Å². The molecule has 0 saturated heterocycles. The maximum absolute atomic E-state index is 12.9. The monoisotopic (exact) mass is 430 g/mol. The normalized spacial score (nSPS) is 11.7. The summed E-state index contributed by atoms with van der Waals surface area (Å²) in [4.78, 5) is 12.9. The number of ether oxygens (including phenoxy) is 1. The summed E-state index contributed by atoms with van der Waals surface area (Å²) in [5, 5.41) is 11.5. The van der Waals surface area contributed by atoms with Gasteiger partial charge in [0.15, 0.2) is 5.16 Å². The van der Waals surface area contributed by atoms with E-state index in [0.29, 0.717) is 5.16 Å². The van der Waals surface area contributed by atoms with Crippen LogP contribution < -0.4 is 10.1 Å². The lowest BCUT2D eigenvalue weighted by Crippen LogP contribution is -2.23. The fourth-order valence-corrected chi connectivity index (χ4v) is 3.97.